The zero-order chi connectivity index (χ0) is 13.7. The molecular formula is C15H20ClN3. The van der Waals surface area contributed by atoms with E-state index in [1.165, 1.54) is 0 Å². The van der Waals surface area contributed by atoms with Crippen LogP contribution in [0.5, 0.6) is 0 Å². The van der Waals surface area contributed by atoms with Crippen molar-refractivity contribution in [3.05, 3.63) is 53.1 Å². The molecule has 1 atom stereocenters. The monoisotopic (exact) mass is 277 g/mol. The Morgan fingerprint density at radius 2 is 2.21 bits per heavy atom. The van der Waals surface area contributed by atoms with E-state index in [0.29, 0.717) is 0 Å². The van der Waals surface area contributed by atoms with Gasteiger partial charge in [-0.15, -0.1) is 0 Å². The molecule has 102 valence electrons. The van der Waals surface area contributed by atoms with E-state index in [-0.39, 0.29) is 6.04 Å². The first-order valence-electron chi connectivity index (χ1n) is 6.76. The maximum Gasteiger partial charge on any atom is 0.130 e. The summed E-state index contributed by atoms with van der Waals surface area (Å²) in [4.78, 5) is 4.50. The summed E-state index contributed by atoms with van der Waals surface area (Å²) in [5, 5.41) is 4.31. The van der Waals surface area contributed by atoms with Gasteiger partial charge in [-0.25, -0.2) is 4.98 Å². The van der Waals surface area contributed by atoms with E-state index in [9.17, 15) is 0 Å². The summed E-state index contributed by atoms with van der Waals surface area (Å²) in [5.74, 6) is 1.04. The van der Waals surface area contributed by atoms with Gasteiger partial charge in [-0.05, 0) is 37.6 Å². The number of aryl methyl sites for hydroxylation is 1. The van der Waals surface area contributed by atoms with Crippen molar-refractivity contribution >= 4 is 11.6 Å². The maximum absolute atomic E-state index is 6.10. The number of nitrogens with zero attached hydrogens (tertiary/aromatic N) is 2. The van der Waals surface area contributed by atoms with E-state index < -0.39 is 0 Å². The highest BCUT2D eigenvalue weighted by Gasteiger charge is 2.18. The van der Waals surface area contributed by atoms with Crippen molar-refractivity contribution in [1.29, 1.82) is 0 Å². The number of halogens is 1. The van der Waals surface area contributed by atoms with Crippen LogP contribution in [0.4, 0.5) is 0 Å². The van der Waals surface area contributed by atoms with Gasteiger partial charge in [-0.2, -0.15) is 0 Å². The Hall–Kier alpha value is -1.32. The number of nitrogens with one attached hydrogen (secondary N) is 1. The minimum atomic E-state index is 0.0913. The van der Waals surface area contributed by atoms with E-state index in [1.54, 1.807) is 0 Å². The fraction of sp³-hybridized carbons (Fsp3) is 0.400. The highest BCUT2D eigenvalue weighted by Crippen LogP contribution is 2.23. The first-order chi connectivity index (χ1) is 9.26. The normalized spacial score (nSPS) is 12.6. The first kappa shape index (κ1) is 14.1. The fourth-order valence-electron chi connectivity index (χ4n) is 2.18. The van der Waals surface area contributed by atoms with Crippen LogP contribution in [0.1, 0.15) is 37.7 Å². The van der Waals surface area contributed by atoms with E-state index in [0.717, 1.165) is 35.9 Å². The Morgan fingerprint density at radius 1 is 1.37 bits per heavy atom. The van der Waals surface area contributed by atoms with Crippen LogP contribution < -0.4 is 5.32 Å². The number of imidazole rings is 1. The Kier molecular flexibility index (Phi) is 5.00. The number of benzene rings is 1. The Labute approximate surface area is 119 Å². The van der Waals surface area contributed by atoms with Crippen molar-refractivity contribution < 1.29 is 0 Å². The minimum absolute atomic E-state index is 0.0913. The first-order valence-corrected chi connectivity index (χ1v) is 7.14. The molecule has 1 heterocycles. The molecule has 0 fully saturated rings. The average Bonchev–Trinajstić information content (AvgIpc) is 2.88. The molecule has 3 nitrogen and oxygen atoms in total. The largest absolute Gasteiger partial charge is 0.334 e. The molecule has 1 aromatic heterocycles. The van der Waals surface area contributed by atoms with Crippen LogP contribution in [-0.2, 0) is 6.54 Å². The Morgan fingerprint density at radius 3 is 2.89 bits per heavy atom. The molecule has 0 amide bonds. The molecule has 1 N–H and O–H groups in total. The van der Waals surface area contributed by atoms with Gasteiger partial charge in [0.2, 0.25) is 0 Å². The predicted octanol–water partition coefficient (Wildman–Crippen LogP) is 3.65. The van der Waals surface area contributed by atoms with Gasteiger partial charge < -0.3 is 9.88 Å². The van der Waals surface area contributed by atoms with Gasteiger partial charge in [0.25, 0.3) is 0 Å². The summed E-state index contributed by atoms with van der Waals surface area (Å²) in [6.07, 6.45) is 4.95. The Bertz CT molecular complexity index is 522. The standard InChI is InChI=1S/C15H20ClN3/c1-3-8-17-14(12-6-5-7-13(16)11-12)15-18-9-10-19(15)4-2/h5-7,9-11,14,17H,3-4,8H2,1-2H3. The Balaban J connectivity index is 2.35. The van der Waals surface area contributed by atoms with Gasteiger partial charge in [0, 0.05) is 24.0 Å². The van der Waals surface area contributed by atoms with Crippen molar-refractivity contribution in [3.8, 4) is 0 Å². The molecule has 2 aromatic rings. The zero-order valence-electron chi connectivity index (χ0n) is 11.4. The molecule has 0 bridgehead atoms. The van der Waals surface area contributed by atoms with Gasteiger partial charge in [0.05, 0.1) is 6.04 Å². The lowest BCUT2D eigenvalue weighted by Crippen LogP contribution is -2.26. The van der Waals surface area contributed by atoms with E-state index in [2.05, 4.69) is 34.8 Å². The van der Waals surface area contributed by atoms with Crippen molar-refractivity contribution in [3.63, 3.8) is 0 Å². The molecule has 0 aliphatic carbocycles. The van der Waals surface area contributed by atoms with Crippen molar-refractivity contribution in [1.82, 2.24) is 14.9 Å². The molecule has 0 aliphatic rings. The van der Waals surface area contributed by atoms with Crippen LogP contribution in [0.25, 0.3) is 0 Å². The van der Waals surface area contributed by atoms with Gasteiger partial charge in [-0.3, -0.25) is 0 Å². The molecule has 0 saturated carbocycles. The van der Waals surface area contributed by atoms with Crippen LogP contribution >= 0.6 is 11.6 Å². The van der Waals surface area contributed by atoms with Crippen LogP contribution in [0.2, 0.25) is 5.02 Å². The molecular weight excluding hydrogens is 258 g/mol. The summed E-state index contributed by atoms with van der Waals surface area (Å²) >= 11 is 6.10. The molecule has 0 radical (unpaired) electrons. The lowest BCUT2D eigenvalue weighted by molar-refractivity contribution is 0.541. The van der Waals surface area contributed by atoms with Gasteiger partial charge >= 0.3 is 0 Å². The summed E-state index contributed by atoms with van der Waals surface area (Å²) in [7, 11) is 0. The number of hydrogen-bond donors (Lipinski definition) is 1. The molecule has 0 aliphatic heterocycles. The number of rotatable bonds is 6. The third-order valence-corrected chi connectivity index (χ3v) is 3.36. The summed E-state index contributed by atoms with van der Waals surface area (Å²) < 4.78 is 2.16. The van der Waals surface area contributed by atoms with Gasteiger partial charge in [-0.1, -0.05) is 30.7 Å². The van der Waals surface area contributed by atoms with Crippen LogP contribution in [-0.4, -0.2) is 16.1 Å². The van der Waals surface area contributed by atoms with E-state index >= 15 is 0 Å². The summed E-state index contributed by atoms with van der Waals surface area (Å²) in [6.45, 7) is 6.16. The zero-order valence-corrected chi connectivity index (χ0v) is 12.2. The van der Waals surface area contributed by atoms with Crippen molar-refractivity contribution in [2.24, 2.45) is 0 Å². The lowest BCUT2D eigenvalue weighted by Gasteiger charge is -2.20. The quantitative estimate of drug-likeness (QED) is 0.874. The van der Waals surface area contributed by atoms with Gasteiger partial charge in [0.15, 0.2) is 0 Å². The smallest absolute Gasteiger partial charge is 0.130 e. The summed E-state index contributed by atoms with van der Waals surface area (Å²) in [6, 6.07) is 8.07. The fourth-order valence-corrected chi connectivity index (χ4v) is 2.38. The predicted molar refractivity (Wildman–Crippen MR) is 79.5 cm³/mol. The van der Waals surface area contributed by atoms with Crippen molar-refractivity contribution in [2.75, 3.05) is 6.54 Å². The summed E-state index contributed by atoms with van der Waals surface area (Å²) in [5.41, 5.74) is 1.15. The topological polar surface area (TPSA) is 29.9 Å². The van der Waals surface area contributed by atoms with Crippen LogP contribution in [0, 0.1) is 0 Å². The third-order valence-electron chi connectivity index (χ3n) is 3.13. The highest BCUT2D eigenvalue weighted by atomic mass is 35.5. The molecule has 2 rings (SSSR count). The second-order valence-corrected chi connectivity index (χ2v) is 4.95. The van der Waals surface area contributed by atoms with Crippen molar-refractivity contribution in [2.45, 2.75) is 32.9 Å². The SMILES string of the molecule is CCCNC(c1cccc(Cl)c1)c1nccn1CC. The van der Waals surface area contributed by atoms with E-state index in [4.69, 9.17) is 11.6 Å². The molecule has 1 aromatic carbocycles. The number of aromatic nitrogens is 2. The molecule has 19 heavy (non-hydrogen) atoms. The van der Waals surface area contributed by atoms with Crippen LogP contribution in [0.3, 0.4) is 0 Å². The second kappa shape index (κ2) is 6.73. The average molecular weight is 278 g/mol. The molecule has 0 saturated heterocycles. The lowest BCUT2D eigenvalue weighted by atomic mass is 10.1. The molecule has 4 heteroatoms. The van der Waals surface area contributed by atoms with Gasteiger partial charge in [0.1, 0.15) is 5.82 Å². The molecule has 1 unspecified atom stereocenters. The second-order valence-electron chi connectivity index (χ2n) is 4.51. The van der Waals surface area contributed by atoms with E-state index in [1.807, 2.05) is 30.6 Å². The third kappa shape index (κ3) is 3.37. The minimum Gasteiger partial charge on any atom is -0.334 e. The molecule has 0 spiro atoms. The van der Waals surface area contributed by atoms with Crippen LogP contribution in [0.15, 0.2) is 36.7 Å². The number of hydrogen-bond acceptors (Lipinski definition) is 2. The maximum atomic E-state index is 6.10. The highest BCUT2D eigenvalue weighted by molar-refractivity contribution is 6.30.